The average molecular weight is 493 g/mol. The average Bonchev–Trinajstić information content (AvgIpc) is 3.07. The third-order valence-corrected chi connectivity index (χ3v) is 6.12. The number of nitrogens with zero attached hydrogens (tertiary/aromatic N) is 3. The van der Waals surface area contributed by atoms with Crippen molar-refractivity contribution in [1.82, 2.24) is 15.2 Å². The number of hydrogen-bond donors (Lipinski definition) is 1. The molecule has 1 saturated heterocycles. The van der Waals surface area contributed by atoms with E-state index in [9.17, 15) is 14.4 Å². The number of benzene rings is 1. The molecule has 8 nitrogen and oxygen atoms in total. The summed E-state index contributed by atoms with van der Waals surface area (Å²) in [6, 6.07) is 7.53. The number of carbonyl (C=O) groups excluding carboxylic acids is 3. The Labute approximate surface area is 202 Å². The van der Waals surface area contributed by atoms with Crippen molar-refractivity contribution < 1.29 is 19.1 Å². The molecule has 0 saturated carbocycles. The lowest BCUT2D eigenvalue weighted by atomic mass is 10.2. The second-order valence-electron chi connectivity index (χ2n) is 7.59. The molecule has 1 aromatic carbocycles. The van der Waals surface area contributed by atoms with E-state index in [2.05, 4.69) is 15.2 Å². The molecule has 1 N–H and O–H groups in total. The zero-order valence-corrected chi connectivity index (χ0v) is 20.0. The van der Waals surface area contributed by atoms with Crippen LogP contribution in [-0.4, -0.2) is 66.5 Å². The van der Waals surface area contributed by atoms with Crippen molar-refractivity contribution in [2.75, 3.05) is 37.7 Å². The number of ether oxygens (including phenoxy) is 1. The first-order valence-corrected chi connectivity index (χ1v) is 11.5. The second kappa shape index (κ2) is 11.3. The van der Waals surface area contributed by atoms with Crippen molar-refractivity contribution in [3.8, 4) is 0 Å². The number of amides is 2. The first-order chi connectivity index (χ1) is 15.8. The van der Waals surface area contributed by atoms with Crippen molar-refractivity contribution in [1.29, 1.82) is 0 Å². The van der Waals surface area contributed by atoms with Crippen molar-refractivity contribution in [2.24, 2.45) is 0 Å². The standard InChI is InChI=1S/C23H26Cl2N4O4/c1-3-33-23(32)16-8-9-19(26-14-16)28-10-5-11-29(13-12-28)22(31)15(2)27-21(30)17-6-4-7-18(24)20(17)25/h4,6-9,14-15H,3,5,10-13H2,1-2H3,(H,27,30). The van der Waals surface area contributed by atoms with Gasteiger partial charge in [-0.3, -0.25) is 9.59 Å². The maximum atomic E-state index is 13.0. The highest BCUT2D eigenvalue weighted by Gasteiger charge is 2.26. The van der Waals surface area contributed by atoms with E-state index >= 15 is 0 Å². The Kier molecular flexibility index (Phi) is 8.52. The number of esters is 1. The zero-order valence-electron chi connectivity index (χ0n) is 18.5. The fourth-order valence-electron chi connectivity index (χ4n) is 3.56. The highest BCUT2D eigenvalue weighted by molar-refractivity contribution is 6.43. The molecular formula is C23H26Cl2N4O4. The van der Waals surface area contributed by atoms with Gasteiger partial charge in [0.2, 0.25) is 5.91 Å². The first-order valence-electron chi connectivity index (χ1n) is 10.7. The van der Waals surface area contributed by atoms with Gasteiger partial charge in [0, 0.05) is 32.4 Å². The third-order valence-electron chi connectivity index (χ3n) is 5.30. The topological polar surface area (TPSA) is 91.8 Å². The van der Waals surface area contributed by atoms with Crippen LogP contribution in [0.15, 0.2) is 36.5 Å². The zero-order chi connectivity index (χ0) is 24.0. The first kappa shape index (κ1) is 24.8. The molecule has 1 fully saturated rings. The number of nitrogens with one attached hydrogen (secondary N) is 1. The Bertz CT molecular complexity index is 1020. The SMILES string of the molecule is CCOC(=O)c1ccc(N2CCCN(C(=O)C(C)NC(=O)c3cccc(Cl)c3Cl)CC2)nc1. The summed E-state index contributed by atoms with van der Waals surface area (Å²) in [6.07, 6.45) is 2.24. The quantitative estimate of drug-likeness (QED) is 0.621. The predicted octanol–water partition coefficient (Wildman–Crippen LogP) is 3.42. The van der Waals surface area contributed by atoms with Crippen molar-refractivity contribution >= 4 is 46.8 Å². The van der Waals surface area contributed by atoms with Crippen molar-refractivity contribution in [3.63, 3.8) is 0 Å². The lowest BCUT2D eigenvalue weighted by molar-refractivity contribution is -0.132. The van der Waals surface area contributed by atoms with Crippen molar-refractivity contribution in [3.05, 3.63) is 57.7 Å². The summed E-state index contributed by atoms with van der Waals surface area (Å²) in [5.74, 6) is -0.298. The minimum atomic E-state index is -0.721. The van der Waals surface area contributed by atoms with Crippen LogP contribution in [0.1, 0.15) is 41.0 Å². The Hall–Kier alpha value is -2.84. The number of rotatable bonds is 6. The predicted molar refractivity (Wildman–Crippen MR) is 127 cm³/mol. The van der Waals surface area contributed by atoms with Crippen LogP contribution < -0.4 is 10.2 Å². The summed E-state index contributed by atoms with van der Waals surface area (Å²) >= 11 is 12.1. The molecule has 10 heteroatoms. The molecule has 2 heterocycles. The van der Waals surface area contributed by atoms with Gasteiger partial charge in [-0.2, -0.15) is 0 Å². The molecule has 0 radical (unpaired) electrons. The van der Waals surface area contributed by atoms with E-state index in [0.717, 1.165) is 12.2 Å². The van der Waals surface area contributed by atoms with E-state index < -0.39 is 17.9 Å². The second-order valence-corrected chi connectivity index (χ2v) is 8.37. The van der Waals surface area contributed by atoms with Gasteiger partial charge in [0.25, 0.3) is 5.91 Å². The van der Waals surface area contributed by atoms with Gasteiger partial charge in [-0.15, -0.1) is 0 Å². The van der Waals surface area contributed by atoms with Crippen LogP contribution in [0.3, 0.4) is 0 Å². The fourth-order valence-corrected chi connectivity index (χ4v) is 3.95. The highest BCUT2D eigenvalue weighted by atomic mass is 35.5. The maximum absolute atomic E-state index is 13.0. The normalized spacial score (nSPS) is 14.9. The Balaban J connectivity index is 1.58. The molecule has 33 heavy (non-hydrogen) atoms. The third kappa shape index (κ3) is 6.15. The van der Waals surface area contributed by atoms with E-state index in [1.165, 1.54) is 6.20 Å². The smallest absolute Gasteiger partial charge is 0.339 e. The molecule has 0 bridgehead atoms. The monoisotopic (exact) mass is 492 g/mol. The van der Waals surface area contributed by atoms with Gasteiger partial charge in [-0.1, -0.05) is 29.3 Å². The van der Waals surface area contributed by atoms with Crippen LogP contribution in [0, 0.1) is 0 Å². The number of pyridine rings is 1. The number of anilines is 1. The molecule has 2 aromatic rings. The van der Waals surface area contributed by atoms with E-state index in [1.54, 1.807) is 49.1 Å². The number of hydrogen-bond acceptors (Lipinski definition) is 6. The molecule has 1 aliphatic rings. The molecular weight excluding hydrogens is 467 g/mol. The Morgan fingerprint density at radius 1 is 1.12 bits per heavy atom. The largest absolute Gasteiger partial charge is 0.462 e. The van der Waals surface area contributed by atoms with Crippen molar-refractivity contribution in [2.45, 2.75) is 26.3 Å². The fraction of sp³-hybridized carbons (Fsp3) is 0.391. The molecule has 2 amide bonds. The molecule has 176 valence electrons. The van der Waals surface area contributed by atoms with Gasteiger partial charge >= 0.3 is 5.97 Å². The summed E-state index contributed by atoms with van der Waals surface area (Å²) < 4.78 is 4.98. The highest BCUT2D eigenvalue weighted by Crippen LogP contribution is 2.25. The minimum Gasteiger partial charge on any atom is -0.462 e. The summed E-state index contributed by atoms with van der Waals surface area (Å²) in [7, 11) is 0. The van der Waals surface area contributed by atoms with Crippen LogP contribution in [-0.2, 0) is 9.53 Å². The Morgan fingerprint density at radius 3 is 2.61 bits per heavy atom. The molecule has 3 rings (SSSR count). The van der Waals surface area contributed by atoms with Crippen LogP contribution >= 0.6 is 23.2 Å². The lowest BCUT2D eigenvalue weighted by Gasteiger charge is -2.25. The summed E-state index contributed by atoms with van der Waals surface area (Å²) in [5, 5.41) is 3.14. The number of halogens is 2. The molecule has 1 atom stereocenters. The maximum Gasteiger partial charge on any atom is 0.339 e. The van der Waals surface area contributed by atoms with Crippen LogP contribution in [0.2, 0.25) is 10.0 Å². The van der Waals surface area contributed by atoms with Gasteiger partial charge in [0.15, 0.2) is 0 Å². The minimum absolute atomic E-state index is 0.156. The van der Waals surface area contributed by atoms with E-state index in [-0.39, 0.29) is 21.5 Å². The lowest BCUT2D eigenvalue weighted by Crippen LogP contribution is -2.48. The summed E-state index contributed by atoms with van der Waals surface area (Å²) in [4.78, 5) is 45.5. The van der Waals surface area contributed by atoms with Gasteiger partial charge in [-0.05, 0) is 44.5 Å². The van der Waals surface area contributed by atoms with Crippen LogP contribution in [0.5, 0.6) is 0 Å². The van der Waals surface area contributed by atoms with E-state index in [1.807, 2.05) is 0 Å². The number of carbonyl (C=O) groups is 3. The van der Waals surface area contributed by atoms with Gasteiger partial charge in [0.05, 0.1) is 27.8 Å². The van der Waals surface area contributed by atoms with E-state index in [0.29, 0.717) is 38.3 Å². The molecule has 0 spiro atoms. The van der Waals surface area contributed by atoms with Crippen LogP contribution in [0.4, 0.5) is 5.82 Å². The molecule has 1 aliphatic heterocycles. The van der Waals surface area contributed by atoms with Gasteiger partial charge < -0.3 is 19.9 Å². The van der Waals surface area contributed by atoms with E-state index in [4.69, 9.17) is 27.9 Å². The van der Waals surface area contributed by atoms with Gasteiger partial charge in [0.1, 0.15) is 11.9 Å². The molecule has 1 aromatic heterocycles. The molecule has 0 aliphatic carbocycles. The molecule has 1 unspecified atom stereocenters. The summed E-state index contributed by atoms with van der Waals surface area (Å²) in [5.41, 5.74) is 0.625. The number of aromatic nitrogens is 1. The summed E-state index contributed by atoms with van der Waals surface area (Å²) in [6.45, 7) is 6.06. The van der Waals surface area contributed by atoms with Crippen LogP contribution in [0.25, 0.3) is 0 Å². The van der Waals surface area contributed by atoms with Gasteiger partial charge in [-0.25, -0.2) is 9.78 Å². The Morgan fingerprint density at radius 2 is 1.91 bits per heavy atom.